The smallest absolute Gasteiger partial charge is 0.145 e. The van der Waals surface area contributed by atoms with E-state index in [2.05, 4.69) is 0 Å². The van der Waals surface area contributed by atoms with Gasteiger partial charge in [0.05, 0.1) is 5.02 Å². The predicted molar refractivity (Wildman–Crippen MR) is 70.9 cm³/mol. The number of nitrogens with zero attached hydrogens (tertiary/aromatic N) is 1. The zero-order chi connectivity index (χ0) is 13.2. The van der Waals surface area contributed by atoms with E-state index < -0.39 is 0 Å². The Kier molecular flexibility index (Phi) is 4.53. The average molecular weight is 259 g/mol. The summed E-state index contributed by atoms with van der Waals surface area (Å²) in [5.41, 5.74) is 6.52. The number of benzene rings is 1. The number of likely N-dealkylation sites (N-methyl/N-ethyl adjacent to an activating group) is 1. The number of halogens is 2. The van der Waals surface area contributed by atoms with Gasteiger partial charge in [0.15, 0.2) is 0 Å². The van der Waals surface area contributed by atoms with Crippen molar-refractivity contribution in [1.29, 1.82) is 0 Å². The van der Waals surface area contributed by atoms with Crippen LogP contribution in [-0.4, -0.2) is 30.6 Å². The van der Waals surface area contributed by atoms with Crippen LogP contribution in [0.5, 0.6) is 0 Å². The molecule has 96 valence electrons. The second kappa shape index (κ2) is 5.34. The van der Waals surface area contributed by atoms with Crippen LogP contribution >= 0.6 is 11.6 Å². The SMILES string of the molecule is CN(C)C(C)(C)C(N)Cc1cccc(Cl)c1F. The van der Waals surface area contributed by atoms with E-state index in [1.807, 2.05) is 32.8 Å². The second-order valence-corrected chi connectivity index (χ2v) is 5.48. The number of nitrogens with two attached hydrogens (primary N) is 1. The lowest BCUT2D eigenvalue weighted by atomic mass is 9.89. The van der Waals surface area contributed by atoms with Crippen LogP contribution in [0.1, 0.15) is 19.4 Å². The Morgan fingerprint density at radius 2 is 2.00 bits per heavy atom. The van der Waals surface area contributed by atoms with Crippen molar-refractivity contribution in [3.63, 3.8) is 0 Å². The van der Waals surface area contributed by atoms with E-state index >= 15 is 0 Å². The molecule has 1 aromatic rings. The predicted octanol–water partition coefficient (Wildman–Crippen LogP) is 2.69. The van der Waals surface area contributed by atoms with Crippen LogP contribution in [0.3, 0.4) is 0 Å². The molecule has 0 aliphatic heterocycles. The summed E-state index contributed by atoms with van der Waals surface area (Å²) in [6.07, 6.45) is 0.470. The van der Waals surface area contributed by atoms with Crippen molar-refractivity contribution in [2.45, 2.75) is 31.8 Å². The van der Waals surface area contributed by atoms with Crippen molar-refractivity contribution < 1.29 is 4.39 Å². The van der Waals surface area contributed by atoms with Crippen LogP contribution < -0.4 is 5.73 Å². The van der Waals surface area contributed by atoms with Crippen molar-refractivity contribution in [1.82, 2.24) is 4.90 Å². The van der Waals surface area contributed by atoms with Crippen LogP contribution in [0.2, 0.25) is 5.02 Å². The average Bonchev–Trinajstić information content (AvgIpc) is 2.24. The summed E-state index contributed by atoms with van der Waals surface area (Å²) in [5.74, 6) is -0.362. The van der Waals surface area contributed by atoms with Gasteiger partial charge < -0.3 is 10.6 Å². The van der Waals surface area contributed by atoms with Crippen molar-refractivity contribution in [3.8, 4) is 0 Å². The standard InChI is InChI=1S/C13H20ClFN2/c1-13(2,17(3)4)11(16)8-9-6-5-7-10(14)12(9)15/h5-7,11H,8,16H2,1-4H3. The van der Waals surface area contributed by atoms with Gasteiger partial charge in [0.25, 0.3) is 0 Å². The summed E-state index contributed by atoms with van der Waals surface area (Å²) in [6.45, 7) is 4.08. The van der Waals surface area contributed by atoms with E-state index in [-0.39, 0.29) is 22.4 Å². The lowest BCUT2D eigenvalue weighted by Gasteiger charge is -2.38. The Morgan fingerprint density at radius 1 is 1.41 bits per heavy atom. The minimum atomic E-state index is -0.362. The first-order chi connectivity index (χ1) is 7.76. The van der Waals surface area contributed by atoms with E-state index in [0.29, 0.717) is 12.0 Å². The molecule has 4 heteroatoms. The van der Waals surface area contributed by atoms with Gasteiger partial charge in [-0.25, -0.2) is 4.39 Å². The summed E-state index contributed by atoms with van der Waals surface area (Å²) in [7, 11) is 3.93. The summed E-state index contributed by atoms with van der Waals surface area (Å²) >= 11 is 5.75. The van der Waals surface area contributed by atoms with Gasteiger partial charge in [0.1, 0.15) is 5.82 Å². The fraction of sp³-hybridized carbons (Fsp3) is 0.538. The first-order valence-corrected chi connectivity index (χ1v) is 6.00. The molecule has 0 amide bonds. The number of hydrogen-bond donors (Lipinski definition) is 1. The first-order valence-electron chi connectivity index (χ1n) is 5.62. The molecular weight excluding hydrogens is 239 g/mol. The Morgan fingerprint density at radius 3 is 2.53 bits per heavy atom. The molecule has 0 radical (unpaired) electrons. The van der Waals surface area contributed by atoms with Gasteiger partial charge in [-0.2, -0.15) is 0 Å². The van der Waals surface area contributed by atoms with Crippen molar-refractivity contribution >= 4 is 11.6 Å². The molecule has 0 aromatic heterocycles. The Bertz CT molecular complexity index is 391. The highest BCUT2D eigenvalue weighted by atomic mass is 35.5. The quantitative estimate of drug-likeness (QED) is 0.900. The van der Waals surface area contributed by atoms with Gasteiger partial charge in [0, 0.05) is 11.6 Å². The summed E-state index contributed by atoms with van der Waals surface area (Å²) in [4.78, 5) is 2.04. The maximum absolute atomic E-state index is 13.8. The molecule has 1 atom stereocenters. The lowest BCUT2D eigenvalue weighted by Crippen LogP contribution is -2.54. The monoisotopic (exact) mass is 258 g/mol. The highest BCUT2D eigenvalue weighted by Gasteiger charge is 2.29. The maximum Gasteiger partial charge on any atom is 0.145 e. The first kappa shape index (κ1) is 14.4. The van der Waals surface area contributed by atoms with Crippen LogP contribution in [-0.2, 0) is 6.42 Å². The highest BCUT2D eigenvalue weighted by molar-refractivity contribution is 6.30. The third kappa shape index (κ3) is 3.18. The van der Waals surface area contributed by atoms with E-state index in [0.717, 1.165) is 0 Å². The minimum Gasteiger partial charge on any atom is -0.326 e. The lowest BCUT2D eigenvalue weighted by molar-refractivity contribution is 0.157. The normalized spacial score (nSPS) is 14.1. The fourth-order valence-corrected chi connectivity index (χ4v) is 1.72. The molecule has 2 nitrogen and oxygen atoms in total. The molecule has 0 spiro atoms. The highest BCUT2D eigenvalue weighted by Crippen LogP contribution is 2.22. The maximum atomic E-state index is 13.8. The molecular formula is C13H20ClFN2. The zero-order valence-electron chi connectivity index (χ0n) is 10.8. The van der Waals surface area contributed by atoms with Gasteiger partial charge in [-0.15, -0.1) is 0 Å². The van der Waals surface area contributed by atoms with Crippen molar-refractivity contribution in [2.75, 3.05) is 14.1 Å². The van der Waals surface area contributed by atoms with Crippen molar-refractivity contribution in [3.05, 3.63) is 34.6 Å². The summed E-state index contributed by atoms with van der Waals surface area (Å²) in [6, 6.07) is 4.86. The fourth-order valence-electron chi connectivity index (χ4n) is 1.52. The van der Waals surface area contributed by atoms with Crippen molar-refractivity contribution in [2.24, 2.45) is 5.73 Å². The van der Waals surface area contributed by atoms with Crippen LogP contribution in [0, 0.1) is 5.82 Å². The number of rotatable bonds is 4. The summed E-state index contributed by atoms with van der Waals surface area (Å²) in [5, 5.41) is 0.150. The van der Waals surface area contributed by atoms with E-state index in [9.17, 15) is 4.39 Å². The van der Waals surface area contributed by atoms with Crippen LogP contribution in [0.15, 0.2) is 18.2 Å². The topological polar surface area (TPSA) is 29.3 Å². The molecule has 0 aliphatic rings. The third-order valence-electron chi connectivity index (χ3n) is 3.53. The summed E-state index contributed by atoms with van der Waals surface area (Å²) < 4.78 is 13.8. The molecule has 0 fully saturated rings. The third-order valence-corrected chi connectivity index (χ3v) is 3.82. The molecule has 0 bridgehead atoms. The Hall–Kier alpha value is -0.640. The van der Waals surface area contributed by atoms with E-state index in [1.165, 1.54) is 0 Å². The molecule has 1 aromatic carbocycles. The molecule has 1 rings (SSSR count). The van der Waals surface area contributed by atoms with Gasteiger partial charge >= 0.3 is 0 Å². The molecule has 0 saturated heterocycles. The minimum absolute atomic E-state index is 0.150. The Balaban J connectivity index is 2.88. The molecule has 0 aliphatic carbocycles. The second-order valence-electron chi connectivity index (χ2n) is 5.07. The molecule has 17 heavy (non-hydrogen) atoms. The van der Waals surface area contributed by atoms with E-state index in [4.69, 9.17) is 17.3 Å². The van der Waals surface area contributed by atoms with Gasteiger partial charge in [-0.05, 0) is 46.0 Å². The molecule has 0 saturated carbocycles. The van der Waals surface area contributed by atoms with Crippen LogP contribution in [0.25, 0.3) is 0 Å². The van der Waals surface area contributed by atoms with Gasteiger partial charge in [-0.1, -0.05) is 23.7 Å². The van der Waals surface area contributed by atoms with Gasteiger partial charge in [-0.3, -0.25) is 0 Å². The zero-order valence-corrected chi connectivity index (χ0v) is 11.6. The molecule has 2 N–H and O–H groups in total. The van der Waals surface area contributed by atoms with Gasteiger partial charge in [0.2, 0.25) is 0 Å². The molecule has 0 heterocycles. The van der Waals surface area contributed by atoms with Crippen LogP contribution in [0.4, 0.5) is 4.39 Å². The van der Waals surface area contributed by atoms with E-state index in [1.54, 1.807) is 18.2 Å². The molecule has 1 unspecified atom stereocenters. The largest absolute Gasteiger partial charge is 0.326 e. The number of hydrogen-bond acceptors (Lipinski definition) is 2. The Labute approximate surface area is 108 Å².